The molecule has 0 saturated carbocycles. The van der Waals surface area contributed by atoms with Crippen molar-refractivity contribution in [3.8, 4) is 5.75 Å². The number of carbonyl (C=O) groups is 2. The molecule has 138 valence electrons. The van der Waals surface area contributed by atoms with Gasteiger partial charge in [0.05, 0.1) is 13.7 Å². The average molecular weight is 358 g/mol. The zero-order valence-corrected chi connectivity index (χ0v) is 15.0. The van der Waals surface area contributed by atoms with Crippen molar-refractivity contribution < 1.29 is 18.7 Å². The first-order chi connectivity index (χ1) is 12.5. The monoisotopic (exact) mass is 358 g/mol. The number of hydrogen-bond acceptors (Lipinski definition) is 3. The number of nitrogens with one attached hydrogen (secondary N) is 1. The maximum Gasteiger partial charge on any atom is 0.239 e. The van der Waals surface area contributed by atoms with E-state index in [-0.39, 0.29) is 24.2 Å². The molecule has 0 spiro atoms. The maximum absolute atomic E-state index is 12.9. The third-order valence-electron chi connectivity index (χ3n) is 3.96. The normalized spacial score (nSPS) is 10.3. The van der Waals surface area contributed by atoms with Crippen LogP contribution >= 0.6 is 0 Å². The lowest BCUT2D eigenvalue weighted by molar-refractivity contribution is -0.134. The molecule has 0 heterocycles. The number of methoxy groups -OCH3 is 1. The first-order valence-electron chi connectivity index (χ1n) is 8.37. The zero-order valence-electron chi connectivity index (χ0n) is 15.0. The fourth-order valence-corrected chi connectivity index (χ4v) is 2.46. The maximum atomic E-state index is 12.9. The van der Waals surface area contributed by atoms with Crippen LogP contribution in [0.3, 0.4) is 0 Å². The predicted octanol–water partition coefficient (Wildman–Crippen LogP) is 2.54. The van der Waals surface area contributed by atoms with Gasteiger partial charge in [-0.15, -0.1) is 0 Å². The molecule has 0 aliphatic carbocycles. The zero-order chi connectivity index (χ0) is 18.9. The highest BCUT2D eigenvalue weighted by atomic mass is 19.1. The molecule has 0 aromatic heterocycles. The van der Waals surface area contributed by atoms with Crippen LogP contribution in [0.1, 0.15) is 18.1 Å². The van der Waals surface area contributed by atoms with E-state index in [1.54, 1.807) is 19.2 Å². The van der Waals surface area contributed by atoms with E-state index >= 15 is 0 Å². The number of rotatable bonds is 8. The summed E-state index contributed by atoms with van der Waals surface area (Å²) in [5.74, 6) is 0.0559. The highest BCUT2D eigenvalue weighted by Crippen LogP contribution is 2.13. The molecule has 0 aliphatic rings. The largest absolute Gasteiger partial charge is 0.497 e. The second-order valence-corrected chi connectivity index (χ2v) is 5.95. The molecule has 1 N–H and O–H groups in total. The van der Waals surface area contributed by atoms with Gasteiger partial charge >= 0.3 is 0 Å². The van der Waals surface area contributed by atoms with Crippen molar-refractivity contribution in [1.82, 2.24) is 10.2 Å². The van der Waals surface area contributed by atoms with Crippen LogP contribution in [0.2, 0.25) is 0 Å². The van der Waals surface area contributed by atoms with Gasteiger partial charge in [-0.3, -0.25) is 9.59 Å². The third-order valence-corrected chi connectivity index (χ3v) is 3.96. The predicted molar refractivity (Wildman–Crippen MR) is 97.2 cm³/mol. The van der Waals surface area contributed by atoms with Gasteiger partial charge < -0.3 is 15.0 Å². The molecule has 2 aromatic rings. The summed E-state index contributed by atoms with van der Waals surface area (Å²) in [4.78, 5) is 25.4. The highest BCUT2D eigenvalue weighted by Gasteiger charge is 2.14. The van der Waals surface area contributed by atoms with Crippen molar-refractivity contribution in [2.24, 2.45) is 0 Å². The minimum Gasteiger partial charge on any atom is -0.497 e. The van der Waals surface area contributed by atoms with Gasteiger partial charge in [-0.1, -0.05) is 24.3 Å². The fraction of sp³-hybridized carbons (Fsp3) is 0.300. The van der Waals surface area contributed by atoms with Crippen molar-refractivity contribution in [3.63, 3.8) is 0 Å². The van der Waals surface area contributed by atoms with E-state index in [0.29, 0.717) is 19.5 Å². The van der Waals surface area contributed by atoms with Crippen molar-refractivity contribution in [1.29, 1.82) is 0 Å². The fourth-order valence-electron chi connectivity index (χ4n) is 2.46. The van der Waals surface area contributed by atoms with E-state index in [2.05, 4.69) is 5.32 Å². The molecule has 0 aliphatic heterocycles. The lowest BCUT2D eigenvalue weighted by Crippen LogP contribution is -2.39. The Morgan fingerprint density at radius 3 is 2.23 bits per heavy atom. The Hall–Kier alpha value is -2.89. The average Bonchev–Trinajstić information content (AvgIpc) is 2.63. The lowest BCUT2D eigenvalue weighted by Gasteiger charge is -2.21. The minimum atomic E-state index is -0.284. The van der Waals surface area contributed by atoms with Crippen LogP contribution in [0.25, 0.3) is 0 Å². The quantitative estimate of drug-likeness (QED) is 0.789. The summed E-state index contributed by atoms with van der Waals surface area (Å²) in [5.41, 5.74) is 1.86. The van der Waals surface area contributed by atoms with Crippen LogP contribution in [0.15, 0.2) is 48.5 Å². The summed E-state index contributed by atoms with van der Waals surface area (Å²) in [6.07, 6.45) is 0.602. The molecular weight excluding hydrogens is 335 g/mol. The topological polar surface area (TPSA) is 58.6 Å². The molecule has 26 heavy (non-hydrogen) atoms. The van der Waals surface area contributed by atoms with Gasteiger partial charge in [-0.25, -0.2) is 4.39 Å². The number of nitrogens with zero attached hydrogens (tertiary/aromatic N) is 1. The third kappa shape index (κ3) is 6.20. The van der Waals surface area contributed by atoms with Crippen LogP contribution in [0.4, 0.5) is 4.39 Å². The summed E-state index contributed by atoms with van der Waals surface area (Å²) >= 11 is 0. The van der Waals surface area contributed by atoms with Gasteiger partial charge in [0.15, 0.2) is 0 Å². The van der Waals surface area contributed by atoms with Gasteiger partial charge in [-0.05, 0) is 41.8 Å². The van der Waals surface area contributed by atoms with Crippen molar-refractivity contribution in [3.05, 3.63) is 65.5 Å². The number of benzene rings is 2. The van der Waals surface area contributed by atoms with Gasteiger partial charge in [-0.2, -0.15) is 0 Å². The molecule has 2 amide bonds. The summed E-state index contributed by atoms with van der Waals surface area (Å²) < 4.78 is 18.0. The molecule has 6 heteroatoms. The number of carbonyl (C=O) groups excluding carboxylic acids is 2. The van der Waals surface area contributed by atoms with Gasteiger partial charge in [0, 0.05) is 20.0 Å². The van der Waals surface area contributed by atoms with Crippen LogP contribution in [-0.2, 0) is 22.6 Å². The first-order valence-corrected chi connectivity index (χ1v) is 8.37. The Bertz CT molecular complexity index is 730. The van der Waals surface area contributed by atoms with Gasteiger partial charge in [0.1, 0.15) is 11.6 Å². The Labute approximate surface area is 152 Å². The van der Waals surface area contributed by atoms with E-state index in [4.69, 9.17) is 4.74 Å². The number of ether oxygens (including phenoxy) is 1. The Kier molecular flexibility index (Phi) is 7.14. The summed E-state index contributed by atoms with van der Waals surface area (Å²) in [6.45, 7) is 2.21. The second-order valence-electron chi connectivity index (χ2n) is 5.95. The lowest BCUT2D eigenvalue weighted by atomic mass is 10.1. The summed E-state index contributed by atoms with van der Waals surface area (Å²) in [7, 11) is 1.59. The van der Waals surface area contributed by atoms with E-state index in [1.807, 2.05) is 24.3 Å². The van der Waals surface area contributed by atoms with E-state index in [1.165, 1.54) is 24.0 Å². The number of halogens is 1. The van der Waals surface area contributed by atoms with E-state index in [0.717, 1.165) is 16.9 Å². The minimum absolute atomic E-state index is 0.00915. The Balaban J connectivity index is 1.82. The molecular formula is C20H23FN2O3. The standard InChI is InChI=1S/C20H23FN2O3/c1-15(24)23(13-17-5-9-19(26-2)10-6-17)14-20(25)22-12-11-16-3-7-18(21)8-4-16/h3-10H,11-14H2,1-2H3,(H,22,25). The molecule has 0 saturated heterocycles. The Morgan fingerprint density at radius 2 is 1.65 bits per heavy atom. The van der Waals surface area contributed by atoms with Crippen molar-refractivity contribution in [2.75, 3.05) is 20.2 Å². The molecule has 0 atom stereocenters. The molecule has 2 aromatic carbocycles. The molecule has 0 radical (unpaired) electrons. The molecule has 2 rings (SSSR count). The summed E-state index contributed by atoms with van der Waals surface area (Å²) in [6, 6.07) is 13.5. The first kappa shape index (κ1) is 19.4. The van der Waals surface area contributed by atoms with Crippen LogP contribution in [0.5, 0.6) is 5.75 Å². The van der Waals surface area contributed by atoms with Gasteiger partial charge in [0.2, 0.25) is 11.8 Å². The molecule has 0 unspecified atom stereocenters. The molecule has 0 bridgehead atoms. The summed E-state index contributed by atoms with van der Waals surface area (Å²) in [5, 5.41) is 2.79. The number of hydrogen-bond donors (Lipinski definition) is 1. The highest BCUT2D eigenvalue weighted by molar-refractivity contribution is 5.83. The molecule has 5 nitrogen and oxygen atoms in total. The number of amides is 2. The SMILES string of the molecule is COc1ccc(CN(CC(=O)NCCc2ccc(F)cc2)C(C)=O)cc1. The molecule has 0 fully saturated rings. The van der Waals surface area contributed by atoms with Crippen LogP contribution in [0, 0.1) is 5.82 Å². The van der Waals surface area contributed by atoms with Crippen molar-refractivity contribution >= 4 is 11.8 Å². The van der Waals surface area contributed by atoms with E-state index < -0.39 is 0 Å². The smallest absolute Gasteiger partial charge is 0.239 e. The van der Waals surface area contributed by atoms with Crippen LogP contribution < -0.4 is 10.1 Å². The van der Waals surface area contributed by atoms with E-state index in [9.17, 15) is 14.0 Å². The van der Waals surface area contributed by atoms with Crippen molar-refractivity contribution in [2.45, 2.75) is 19.9 Å². The van der Waals surface area contributed by atoms with Crippen LogP contribution in [-0.4, -0.2) is 36.9 Å². The van der Waals surface area contributed by atoms with Gasteiger partial charge in [0.25, 0.3) is 0 Å². The second kappa shape index (κ2) is 9.56. The Morgan fingerprint density at radius 1 is 1.04 bits per heavy atom.